The molecule has 0 amide bonds. The highest BCUT2D eigenvalue weighted by atomic mass is 15.0. The van der Waals surface area contributed by atoms with Crippen LogP contribution in [0.1, 0.15) is 53.9 Å². The van der Waals surface area contributed by atoms with Crippen molar-refractivity contribution in [1.82, 2.24) is 9.88 Å². The fourth-order valence-electron chi connectivity index (χ4n) is 9.15. The smallest absolute Gasteiger partial charge is 0.0817 e. The highest BCUT2D eigenvalue weighted by molar-refractivity contribution is 6.16. The number of hydrogen-bond donors (Lipinski definition) is 2. The van der Waals surface area contributed by atoms with Crippen LogP contribution in [0.3, 0.4) is 0 Å². The maximum absolute atomic E-state index is 7.02. The number of fused-ring (bicyclic) bond motifs is 7. The highest BCUT2D eigenvalue weighted by Gasteiger charge is 2.36. The third-order valence-electron chi connectivity index (χ3n) is 11.9. The van der Waals surface area contributed by atoms with Crippen molar-refractivity contribution >= 4 is 38.7 Å². The average molecular weight is 722 g/mol. The number of para-hydroxylation sites is 2. The Hall–Kier alpha value is -6.52. The molecule has 1 aromatic heterocycles. The lowest BCUT2D eigenvalue weighted by Gasteiger charge is -2.24. The van der Waals surface area contributed by atoms with E-state index < -0.39 is 0 Å². The maximum atomic E-state index is 7.02. The van der Waals surface area contributed by atoms with Crippen LogP contribution in [0.25, 0.3) is 66.6 Å². The van der Waals surface area contributed by atoms with Crippen LogP contribution in [0, 0.1) is 0 Å². The Labute approximate surface area is 328 Å². The first kappa shape index (κ1) is 34.0. The Morgan fingerprint density at radius 2 is 1.21 bits per heavy atom. The van der Waals surface area contributed by atoms with Crippen LogP contribution in [0.15, 0.2) is 188 Å². The van der Waals surface area contributed by atoms with Crippen molar-refractivity contribution in [1.29, 1.82) is 0 Å². The van der Waals surface area contributed by atoms with E-state index in [1.54, 1.807) is 0 Å². The van der Waals surface area contributed by atoms with E-state index in [-0.39, 0.29) is 17.6 Å². The SMILES string of the molecule is CC1(C)c2cc3ccccc3cc2-c2c(/C=C/C(NC(N)c3ccccc3)c3ccccc3-c3cccc4c3c3ccccc3n4-c3ccccc3)cccc21. The fourth-order valence-corrected chi connectivity index (χ4v) is 9.15. The molecule has 9 aromatic rings. The van der Waals surface area contributed by atoms with Gasteiger partial charge in [0, 0.05) is 21.9 Å². The van der Waals surface area contributed by atoms with Gasteiger partial charge in [0.15, 0.2) is 0 Å². The van der Waals surface area contributed by atoms with Gasteiger partial charge in [0.1, 0.15) is 0 Å². The standard InChI is InChI=1S/C53H43N3/c1-53(2)45-28-15-21-35(50(45)44-33-37-19-9-10-20-38(37)34-46(44)53)31-32-47(55-52(54)36-17-5-3-6-18-36)41-25-12-11-24-40(41)42-27-16-30-49-51(42)43-26-13-14-29-48(43)56(49)39-22-7-4-8-23-39/h3-34,47,52,55H,54H2,1-2H3/b32-31+. The minimum absolute atomic E-state index is 0.115. The Morgan fingerprint density at radius 1 is 0.571 bits per heavy atom. The summed E-state index contributed by atoms with van der Waals surface area (Å²) in [6, 6.07) is 65.3. The predicted molar refractivity (Wildman–Crippen MR) is 236 cm³/mol. The van der Waals surface area contributed by atoms with Gasteiger partial charge in [-0.1, -0.05) is 172 Å². The molecule has 0 spiro atoms. The van der Waals surface area contributed by atoms with E-state index in [0.717, 1.165) is 11.3 Å². The van der Waals surface area contributed by atoms with Crippen LogP contribution in [0.2, 0.25) is 0 Å². The number of benzene rings is 8. The zero-order valence-electron chi connectivity index (χ0n) is 31.7. The van der Waals surface area contributed by atoms with Crippen LogP contribution < -0.4 is 11.1 Å². The summed E-state index contributed by atoms with van der Waals surface area (Å²) in [5, 5.41) is 8.87. The summed E-state index contributed by atoms with van der Waals surface area (Å²) in [5.41, 5.74) is 21.6. The molecule has 2 unspecified atom stereocenters. The van der Waals surface area contributed by atoms with Gasteiger partial charge in [-0.25, -0.2) is 0 Å². The molecule has 56 heavy (non-hydrogen) atoms. The monoisotopic (exact) mass is 721 g/mol. The predicted octanol–water partition coefficient (Wildman–Crippen LogP) is 12.9. The molecular formula is C53H43N3. The summed E-state index contributed by atoms with van der Waals surface area (Å²) in [6.45, 7) is 4.71. The molecule has 1 aliphatic carbocycles. The molecule has 1 aliphatic rings. The number of nitrogens with one attached hydrogen (secondary N) is 1. The Morgan fingerprint density at radius 3 is 2.04 bits per heavy atom. The molecule has 0 bridgehead atoms. The Balaban J connectivity index is 1.15. The molecule has 0 aliphatic heterocycles. The van der Waals surface area contributed by atoms with Gasteiger partial charge in [-0.05, 0) is 97.2 Å². The van der Waals surface area contributed by atoms with E-state index in [1.807, 2.05) is 6.07 Å². The molecule has 2 atom stereocenters. The van der Waals surface area contributed by atoms with E-state index in [9.17, 15) is 0 Å². The van der Waals surface area contributed by atoms with E-state index in [1.165, 1.54) is 77.1 Å². The second kappa shape index (κ2) is 13.6. The first-order valence-electron chi connectivity index (χ1n) is 19.6. The summed E-state index contributed by atoms with van der Waals surface area (Å²) in [5.74, 6) is 0. The number of rotatable bonds is 8. The Bertz CT molecular complexity index is 2940. The van der Waals surface area contributed by atoms with Crippen molar-refractivity contribution in [2.24, 2.45) is 5.73 Å². The average Bonchev–Trinajstić information content (AvgIpc) is 3.70. The topological polar surface area (TPSA) is 43.0 Å². The normalized spacial score (nSPS) is 14.3. The van der Waals surface area contributed by atoms with Crippen molar-refractivity contribution in [3.8, 4) is 27.9 Å². The largest absolute Gasteiger partial charge is 0.312 e. The molecule has 3 nitrogen and oxygen atoms in total. The third kappa shape index (κ3) is 5.59. The van der Waals surface area contributed by atoms with Crippen LogP contribution in [-0.4, -0.2) is 4.57 Å². The minimum Gasteiger partial charge on any atom is -0.312 e. The summed E-state index contributed by atoms with van der Waals surface area (Å²) in [4.78, 5) is 0. The van der Waals surface area contributed by atoms with Gasteiger partial charge >= 0.3 is 0 Å². The van der Waals surface area contributed by atoms with Crippen molar-refractivity contribution in [3.05, 3.63) is 216 Å². The van der Waals surface area contributed by atoms with Crippen LogP contribution >= 0.6 is 0 Å². The van der Waals surface area contributed by atoms with Gasteiger partial charge in [0.2, 0.25) is 0 Å². The van der Waals surface area contributed by atoms with Gasteiger partial charge in [0.25, 0.3) is 0 Å². The first-order chi connectivity index (χ1) is 27.5. The summed E-state index contributed by atoms with van der Waals surface area (Å²) in [7, 11) is 0. The zero-order valence-corrected chi connectivity index (χ0v) is 31.7. The fraction of sp³-hybridized carbons (Fsp3) is 0.0943. The number of aromatic nitrogens is 1. The molecule has 0 saturated carbocycles. The van der Waals surface area contributed by atoms with E-state index in [0.29, 0.717) is 0 Å². The van der Waals surface area contributed by atoms with E-state index in [4.69, 9.17) is 5.73 Å². The first-order valence-corrected chi connectivity index (χ1v) is 19.6. The molecule has 1 heterocycles. The molecule has 3 heteroatoms. The van der Waals surface area contributed by atoms with E-state index in [2.05, 4.69) is 212 Å². The molecular weight excluding hydrogens is 679 g/mol. The van der Waals surface area contributed by atoms with Crippen LogP contribution in [0.5, 0.6) is 0 Å². The van der Waals surface area contributed by atoms with Crippen molar-refractivity contribution in [2.75, 3.05) is 0 Å². The number of nitrogens with two attached hydrogens (primary N) is 1. The second-order valence-corrected chi connectivity index (χ2v) is 15.5. The molecule has 8 aromatic carbocycles. The molecule has 270 valence electrons. The minimum atomic E-state index is -0.387. The van der Waals surface area contributed by atoms with E-state index >= 15 is 0 Å². The summed E-state index contributed by atoms with van der Waals surface area (Å²) < 4.78 is 2.39. The Kier molecular flexibility index (Phi) is 8.29. The lowest BCUT2D eigenvalue weighted by atomic mass is 9.81. The molecule has 0 saturated heterocycles. The summed E-state index contributed by atoms with van der Waals surface area (Å²) in [6.07, 6.45) is 4.24. The quantitative estimate of drug-likeness (QED) is 0.153. The van der Waals surface area contributed by atoms with Gasteiger partial charge in [-0.3, -0.25) is 5.32 Å². The van der Waals surface area contributed by atoms with Crippen molar-refractivity contribution in [2.45, 2.75) is 31.5 Å². The molecule has 3 N–H and O–H groups in total. The summed E-state index contributed by atoms with van der Waals surface area (Å²) >= 11 is 0. The second-order valence-electron chi connectivity index (χ2n) is 15.5. The molecule has 0 fully saturated rings. The highest BCUT2D eigenvalue weighted by Crippen LogP contribution is 2.51. The number of hydrogen-bond acceptors (Lipinski definition) is 2. The molecule has 10 rings (SSSR count). The van der Waals surface area contributed by atoms with Crippen LogP contribution in [0.4, 0.5) is 0 Å². The van der Waals surface area contributed by atoms with Crippen molar-refractivity contribution in [3.63, 3.8) is 0 Å². The third-order valence-corrected chi connectivity index (χ3v) is 11.9. The van der Waals surface area contributed by atoms with Gasteiger partial charge in [0.05, 0.1) is 23.2 Å². The van der Waals surface area contributed by atoms with Crippen LogP contribution in [-0.2, 0) is 5.41 Å². The zero-order chi connectivity index (χ0) is 37.8. The van der Waals surface area contributed by atoms with Crippen molar-refractivity contribution < 1.29 is 0 Å². The maximum Gasteiger partial charge on any atom is 0.0817 e. The van der Waals surface area contributed by atoms with Gasteiger partial charge in [-0.15, -0.1) is 0 Å². The lowest BCUT2D eigenvalue weighted by Crippen LogP contribution is -2.31. The van der Waals surface area contributed by atoms with Gasteiger partial charge < -0.3 is 10.3 Å². The molecule has 0 radical (unpaired) electrons. The lowest BCUT2D eigenvalue weighted by molar-refractivity contribution is 0.510. The number of nitrogens with zero attached hydrogens (tertiary/aromatic N) is 1. The van der Waals surface area contributed by atoms with Gasteiger partial charge in [-0.2, -0.15) is 0 Å².